The maximum absolute atomic E-state index is 12.7. The maximum Gasteiger partial charge on any atom is 0.166 e. The van der Waals surface area contributed by atoms with Gasteiger partial charge in [0, 0.05) is 23.1 Å². The van der Waals surface area contributed by atoms with E-state index in [0.717, 1.165) is 35.7 Å². The summed E-state index contributed by atoms with van der Waals surface area (Å²) in [5.74, 6) is 0.448. The minimum Gasteiger partial charge on any atom is -0.294 e. The summed E-state index contributed by atoms with van der Waals surface area (Å²) in [5.41, 5.74) is 1.85. The number of carbonyl (C=O) groups is 1. The van der Waals surface area contributed by atoms with Crippen LogP contribution in [0.2, 0.25) is 0 Å². The highest BCUT2D eigenvalue weighted by atomic mass is 16.1. The van der Waals surface area contributed by atoms with E-state index in [1.807, 2.05) is 30.3 Å². The normalized spacial score (nSPS) is 21.7. The molecule has 0 saturated heterocycles. The molecule has 1 unspecified atom stereocenters. The third-order valence-electron chi connectivity index (χ3n) is 4.46. The van der Waals surface area contributed by atoms with E-state index >= 15 is 0 Å². The minimum absolute atomic E-state index is 0.135. The van der Waals surface area contributed by atoms with Crippen molar-refractivity contribution in [2.24, 2.45) is 11.3 Å². The Morgan fingerprint density at radius 3 is 2.89 bits per heavy atom. The molecule has 0 bridgehead atoms. The molecule has 0 spiro atoms. The molecule has 0 amide bonds. The average molecular weight is 253 g/mol. The van der Waals surface area contributed by atoms with Gasteiger partial charge in [-0.1, -0.05) is 38.5 Å². The molecule has 0 N–H and O–H groups in total. The first-order valence-electron chi connectivity index (χ1n) is 6.97. The highest BCUT2D eigenvalue weighted by Crippen LogP contribution is 2.44. The number of rotatable bonds is 2. The molecule has 1 aromatic heterocycles. The van der Waals surface area contributed by atoms with Crippen LogP contribution in [0.25, 0.3) is 10.9 Å². The van der Waals surface area contributed by atoms with Gasteiger partial charge >= 0.3 is 0 Å². The zero-order chi connectivity index (χ0) is 13.5. The number of benzene rings is 1. The number of hydrogen-bond donors (Lipinski definition) is 0. The topological polar surface area (TPSA) is 30.0 Å². The molecule has 0 radical (unpaired) electrons. The molecule has 98 valence electrons. The van der Waals surface area contributed by atoms with Crippen molar-refractivity contribution in [1.82, 2.24) is 4.98 Å². The zero-order valence-corrected chi connectivity index (χ0v) is 11.5. The van der Waals surface area contributed by atoms with Gasteiger partial charge in [-0.25, -0.2) is 0 Å². The number of aromatic nitrogens is 1. The largest absolute Gasteiger partial charge is 0.294 e. The number of fused-ring (bicyclic) bond motifs is 1. The fraction of sp³-hybridized carbons (Fsp3) is 0.412. The molecule has 2 heteroatoms. The second kappa shape index (κ2) is 4.44. The Bertz CT molecular complexity index is 630. The molecule has 1 saturated carbocycles. The van der Waals surface area contributed by atoms with Crippen LogP contribution < -0.4 is 0 Å². The van der Waals surface area contributed by atoms with Gasteiger partial charge in [-0.2, -0.15) is 0 Å². The van der Waals surface area contributed by atoms with Crippen molar-refractivity contribution < 1.29 is 4.79 Å². The number of Topliss-reactive ketones (excluding diaryl/α,β-unsaturated/α-hetero) is 1. The van der Waals surface area contributed by atoms with E-state index in [0.29, 0.717) is 0 Å². The van der Waals surface area contributed by atoms with Crippen molar-refractivity contribution in [3.05, 3.63) is 42.1 Å². The summed E-state index contributed by atoms with van der Waals surface area (Å²) in [4.78, 5) is 17.0. The van der Waals surface area contributed by atoms with Gasteiger partial charge in [0.05, 0.1) is 5.52 Å². The molecule has 19 heavy (non-hydrogen) atoms. The second-order valence-corrected chi connectivity index (χ2v) is 6.21. The molecule has 2 aromatic rings. The summed E-state index contributed by atoms with van der Waals surface area (Å²) in [5, 5.41) is 1.09. The van der Waals surface area contributed by atoms with E-state index in [1.54, 1.807) is 6.20 Å². The number of nitrogens with zero attached hydrogens (tertiary/aromatic N) is 1. The Morgan fingerprint density at radius 2 is 2.16 bits per heavy atom. The van der Waals surface area contributed by atoms with Crippen molar-refractivity contribution in [2.45, 2.75) is 33.1 Å². The summed E-state index contributed by atoms with van der Waals surface area (Å²) >= 11 is 0. The smallest absolute Gasteiger partial charge is 0.166 e. The summed E-state index contributed by atoms with van der Waals surface area (Å²) in [7, 11) is 0. The third-order valence-corrected chi connectivity index (χ3v) is 4.46. The maximum atomic E-state index is 12.7. The lowest BCUT2D eigenvalue weighted by molar-refractivity contribution is 0.0839. The second-order valence-electron chi connectivity index (χ2n) is 6.21. The van der Waals surface area contributed by atoms with Gasteiger partial charge < -0.3 is 0 Å². The van der Waals surface area contributed by atoms with E-state index < -0.39 is 0 Å². The third kappa shape index (κ3) is 2.16. The zero-order valence-electron chi connectivity index (χ0n) is 11.5. The summed E-state index contributed by atoms with van der Waals surface area (Å²) < 4.78 is 0. The number of hydrogen-bond acceptors (Lipinski definition) is 2. The number of pyridine rings is 1. The van der Waals surface area contributed by atoms with E-state index in [4.69, 9.17) is 0 Å². The van der Waals surface area contributed by atoms with Crippen LogP contribution in [0.4, 0.5) is 0 Å². The molecule has 1 atom stereocenters. The van der Waals surface area contributed by atoms with Crippen LogP contribution in [0.3, 0.4) is 0 Å². The number of ketones is 1. The Balaban J connectivity index is 1.98. The molecule has 1 aliphatic carbocycles. The van der Waals surface area contributed by atoms with Gasteiger partial charge in [0.1, 0.15) is 0 Å². The number of carbonyl (C=O) groups excluding carboxylic acids is 1. The molecule has 0 aliphatic heterocycles. The lowest BCUT2D eigenvalue weighted by atomic mass is 9.77. The van der Waals surface area contributed by atoms with Crippen molar-refractivity contribution in [3.63, 3.8) is 0 Å². The Kier molecular flexibility index (Phi) is 2.89. The predicted molar refractivity (Wildman–Crippen MR) is 77.2 cm³/mol. The summed E-state index contributed by atoms with van der Waals surface area (Å²) in [6, 6.07) is 9.82. The van der Waals surface area contributed by atoms with E-state index in [9.17, 15) is 4.79 Å². The van der Waals surface area contributed by atoms with Crippen molar-refractivity contribution in [2.75, 3.05) is 0 Å². The van der Waals surface area contributed by atoms with Gasteiger partial charge in [-0.15, -0.1) is 0 Å². The van der Waals surface area contributed by atoms with Crippen molar-refractivity contribution in [1.29, 1.82) is 0 Å². The monoisotopic (exact) mass is 253 g/mol. The highest BCUT2D eigenvalue weighted by molar-refractivity contribution is 6.01. The Labute approximate surface area is 113 Å². The van der Waals surface area contributed by atoms with Crippen molar-refractivity contribution >= 4 is 16.7 Å². The SMILES string of the molecule is CC1(C)CCCC1C(=O)c1ccc2cccnc2c1. The van der Waals surface area contributed by atoms with Crippen LogP contribution in [-0.2, 0) is 0 Å². The van der Waals surface area contributed by atoms with Gasteiger partial charge in [-0.3, -0.25) is 9.78 Å². The Hall–Kier alpha value is -1.70. The van der Waals surface area contributed by atoms with Gasteiger partial charge in [-0.05, 0) is 30.4 Å². The molecule has 3 rings (SSSR count). The lowest BCUT2D eigenvalue weighted by Crippen LogP contribution is -2.25. The molecular weight excluding hydrogens is 234 g/mol. The molecule has 2 nitrogen and oxygen atoms in total. The fourth-order valence-electron chi connectivity index (χ4n) is 3.23. The minimum atomic E-state index is 0.135. The van der Waals surface area contributed by atoms with E-state index in [1.165, 1.54) is 0 Å². The molecule has 1 fully saturated rings. The van der Waals surface area contributed by atoms with Crippen LogP contribution in [0, 0.1) is 11.3 Å². The standard InChI is InChI=1S/C17H19NO/c1-17(2)9-3-6-14(17)16(19)13-8-7-12-5-4-10-18-15(12)11-13/h4-5,7-8,10-11,14H,3,6,9H2,1-2H3. The van der Waals surface area contributed by atoms with Crippen LogP contribution in [-0.4, -0.2) is 10.8 Å². The van der Waals surface area contributed by atoms with Crippen molar-refractivity contribution in [3.8, 4) is 0 Å². The van der Waals surface area contributed by atoms with Crippen LogP contribution in [0.15, 0.2) is 36.5 Å². The van der Waals surface area contributed by atoms with Crippen LogP contribution in [0.5, 0.6) is 0 Å². The van der Waals surface area contributed by atoms with Crippen LogP contribution in [0.1, 0.15) is 43.5 Å². The van der Waals surface area contributed by atoms with Gasteiger partial charge in [0.2, 0.25) is 0 Å². The van der Waals surface area contributed by atoms with Gasteiger partial charge in [0.15, 0.2) is 5.78 Å². The Morgan fingerprint density at radius 1 is 1.32 bits per heavy atom. The molecular formula is C17H19NO. The first-order valence-corrected chi connectivity index (χ1v) is 6.97. The van der Waals surface area contributed by atoms with E-state index in [-0.39, 0.29) is 17.1 Å². The predicted octanol–water partition coefficient (Wildman–Crippen LogP) is 4.24. The van der Waals surface area contributed by atoms with Gasteiger partial charge in [0.25, 0.3) is 0 Å². The first-order chi connectivity index (χ1) is 9.08. The van der Waals surface area contributed by atoms with E-state index in [2.05, 4.69) is 18.8 Å². The molecule has 1 aromatic carbocycles. The average Bonchev–Trinajstić information content (AvgIpc) is 2.77. The fourth-order valence-corrected chi connectivity index (χ4v) is 3.23. The molecule has 1 heterocycles. The van der Waals surface area contributed by atoms with Crippen LogP contribution >= 0.6 is 0 Å². The first kappa shape index (κ1) is 12.3. The highest BCUT2D eigenvalue weighted by Gasteiger charge is 2.39. The summed E-state index contributed by atoms with van der Waals surface area (Å²) in [6.45, 7) is 4.42. The quantitative estimate of drug-likeness (QED) is 0.749. The lowest BCUT2D eigenvalue weighted by Gasteiger charge is -2.25. The molecule has 1 aliphatic rings. The summed E-state index contributed by atoms with van der Waals surface area (Å²) in [6.07, 6.45) is 5.10.